The molecular weight excluding hydrogens is 342 g/mol. The Hall–Kier alpha value is -1.26. The first-order chi connectivity index (χ1) is 12.2. The van der Waals surface area contributed by atoms with E-state index in [-0.39, 0.29) is 18.8 Å². The van der Waals surface area contributed by atoms with E-state index in [2.05, 4.69) is 10.6 Å². The Labute approximate surface area is 155 Å². The smallest absolute Gasteiger partial charge is 0.243 e. The molecule has 0 aromatic heterocycles. The van der Waals surface area contributed by atoms with Gasteiger partial charge in [0.15, 0.2) is 0 Å². The number of hydrogen-bond acceptors (Lipinski definition) is 7. The van der Waals surface area contributed by atoms with Gasteiger partial charge in [-0.15, -0.1) is 0 Å². The molecule has 0 heterocycles. The van der Waals surface area contributed by atoms with Gasteiger partial charge in [0.25, 0.3) is 0 Å². The fraction of sp³-hybridized carbons (Fsp3) is 0.882. The lowest BCUT2D eigenvalue weighted by molar-refractivity contribution is -0.131. The first-order valence-corrected chi connectivity index (χ1v) is 9.13. The van der Waals surface area contributed by atoms with Crippen LogP contribution in [0.5, 0.6) is 0 Å². The number of nitrogens with one attached hydrogen (secondary N) is 2. The highest BCUT2D eigenvalue weighted by atomic mass is 16.3. The Kier molecular flexibility index (Phi) is 12.4. The highest BCUT2D eigenvalue weighted by molar-refractivity contribution is 5.88. The first kappa shape index (κ1) is 24.7. The van der Waals surface area contributed by atoms with E-state index in [1.54, 1.807) is 13.8 Å². The molecule has 5 atom stereocenters. The van der Waals surface area contributed by atoms with E-state index < -0.39 is 55.4 Å². The number of carbonyl (C=O) groups excluding carboxylic acids is 2. The van der Waals surface area contributed by atoms with Gasteiger partial charge in [-0.1, -0.05) is 27.2 Å². The maximum absolute atomic E-state index is 12.3. The van der Waals surface area contributed by atoms with Crippen molar-refractivity contribution in [2.75, 3.05) is 13.2 Å². The molecule has 0 saturated heterocycles. The highest BCUT2D eigenvalue weighted by Gasteiger charge is 2.29. The summed E-state index contributed by atoms with van der Waals surface area (Å²) in [5, 5.41) is 42.8. The minimum Gasteiger partial charge on any atom is -0.394 e. The zero-order valence-electron chi connectivity index (χ0n) is 15.9. The van der Waals surface area contributed by atoms with Gasteiger partial charge >= 0.3 is 0 Å². The maximum Gasteiger partial charge on any atom is 0.243 e. The molecule has 2 amide bonds. The van der Waals surface area contributed by atoms with Crippen molar-refractivity contribution in [3.8, 4) is 0 Å². The lowest BCUT2D eigenvalue weighted by Gasteiger charge is -2.27. The summed E-state index contributed by atoms with van der Waals surface area (Å²) in [5.74, 6) is -1.18. The van der Waals surface area contributed by atoms with Crippen molar-refractivity contribution in [1.29, 1.82) is 0 Å². The van der Waals surface area contributed by atoms with Crippen LogP contribution in [0.3, 0.4) is 0 Å². The summed E-state index contributed by atoms with van der Waals surface area (Å²) in [7, 11) is 0. The predicted octanol–water partition coefficient (Wildman–Crippen LogP) is -1.77. The fourth-order valence-electron chi connectivity index (χ4n) is 2.34. The van der Waals surface area contributed by atoms with Crippen LogP contribution in [0.4, 0.5) is 0 Å². The highest BCUT2D eigenvalue weighted by Crippen LogP contribution is 2.11. The molecule has 9 nitrogen and oxygen atoms in total. The van der Waals surface area contributed by atoms with Crippen LogP contribution >= 0.6 is 0 Å². The van der Waals surface area contributed by atoms with Crippen molar-refractivity contribution in [2.24, 2.45) is 11.7 Å². The Morgan fingerprint density at radius 3 is 2.08 bits per heavy atom. The van der Waals surface area contributed by atoms with Crippen LogP contribution in [0.15, 0.2) is 0 Å². The largest absolute Gasteiger partial charge is 0.394 e. The third kappa shape index (κ3) is 8.91. The predicted molar refractivity (Wildman–Crippen MR) is 97.0 cm³/mol. The second kappa shape index (κ2) is 13.0. The Balaban J connectivity index is 4.80. The molecule has 154 valence electrons. The van der Waals surface area contributed by atoms with Crippen LogP contribution in [0.2, 0.25) is 0 Å². The Morgan fingerprint density at radius 2 is 1.62 bits per heavy atom. The van der Waals surface area contributed by atoms with Crippen molar-refractivity contribution < 1.29 is 30.0 Å². The second-order valence-corrected chi connectivity index (χ2v) is 6.73. The standard InChI is InChI=1S/C17H35N3O6/c1-4-10(3)16(17(26)19-11(8-21)9-22)20-15(25)7-13(18)14(24)6-12(23)5-2/h10-14,16,21-24H,4-9,18H2,1-3H3,(H,19,26)(H,20,25). The first-order valence-electron chi connectivity index (χ1n) is 9.13. The molecule has 0 aliphatic rings. The molecular formula is C17H35N3O6. The molecule has 0 rings (SSSR count). The van der Waals surface area contributed by atoms with E-state index in [1.165, 1.54) is 0 Å². The van der Waals surface area contributed by atoms with E-state index in [1.807, 2.05) is 6.92 Å². The lowest BCUT2D eigenvalue weighted by Crippen LogP contribution is -2.54. The van der Waals surface area contributed by atoms with Crippen molar-refractivity contribution in [2.45, 2.75) is 76.8 Å². The number of nitrogens with two attached hydrogens (primary N) is 1. The van der Waals surface area contributed by atoms with Crippen molar-refractivity contribution >= 4 is 11.8 Å². The summed E-state index contributed by atoms with van der Waals surface area (Å²) < 4.78 is 0. The van der Waals surface area contributed by atoms with E-state index in [9.17, 15) is 19.8 Å². The zero-order valence-corrected chi connectivity index (χ0v) is 15.9. The molecule has 0 aromatic rings. The molecule has 9 heteroatoms. The summed E-state index contributed by atoms with van der Waals surface area (Å²) in [4.78, 5) is 24.6. The number of rotatable bonds is 13. The normalized spacial score (nSPS) is 17.3. The second-order valence-electron chi connectivity index (χ2n) is 6.73. The summed E-state index contributed by atoms with van der Waals surface area (Å²) in [6.07, 6.45) is -0.732. The van der Waals surface area contributed by atoms with Gasteiger partial charge < -0.3 is 36.8 Å². The molecule has 0 aliphatic heterocycles. The molecule has 0 spiro atoms. The fourth-order valence-corrected chi connectivity index (χ4v) is 2.34. The monoisotopic (exact) mass is 377 g/mol. The molecule has 26 heavy (non-hydrogen) atoms. The van der Waals surface area contributed by atoms with Crippen LogP contribution in [0.1, 0.15) is 46.5 Å². The molecule has 8 N–H and O–H groups in total. The van der Waals surface area contributed by atoms with Crippen molar-refractivity contribution in [3.05, 3.63) is 0 Å². The topological polar surface area (TPSA) is 165 Å². The minimum absolute atomic E-state index is 0.0783. The van der Waals surface area contributed by atoms with Gasteiger partial charge in [-0.05, 0) is 12.3 Å². The molecule has 0 aromatic carbocycles. The van der Waals surface area contributed by atoms with Crippen molar-refractivity contribution in [1.82, 2.24) is 10.6 Å². The van der Waals surface area contributed by atoms with Gasteiger partial charge in [-0.3, -0.25) is 9.59 Å². The number of hydrogen-bond donors (Lipinski definition) is 7. The van der Waals surface area contributed by atoms with Gasteiger partial charge in [0.05, 0.1) is 31.5 Å². The van der Waals surface area contributed by atoms with Gasteiger partial charge in [-0.2, -0.15) is 0 Å². The summed E-state index contributed by atoms with van der Waals surface area (Å²) in [6, 6.07) is -2.51. The molecule has 0 saturated carbocycles. The van der Waals surface area contributed by atoms with E-state index in [0.29, 0.717) is 12.8 Å². The van der Waals surface area contributed by atoms with Gasteiger partial charge in [-0.25, -0.2) is 0 Å². The SMILES string of the molecule is CCC(O)CC(O)C(N)CC(=O)NC(C(=O)NC(CO)CO)C(C)CC. The number of carbonyl (C=O) groups is 2. The molecule has 0 fully saturated rings. The van der Waals surface area contributed by atoms with Gasteiger partial charge in [0.1, 0.15) is 6.04 Å². The average molecular weight is 377 g/mol. The third-order valence-electron chi connectivity index (χ3n) is 4.50. The molecule has 0 bridgehead atoms. The third-order valence-corrected chi connectivity index (χ3v) is 4.50. The van der Waals surface area contributed by atoms with Gasteiger partial charge in [0.2, 0.25) is 11.8 Å². The Morgan fingerprint density at radius 1 is 1.04 bits per heavy atom. The number of aliphatic hydroxyl groups excluding tert-OH is 4. The molecule has 0 aliphatic carbocycles. The van der Waals surface area contributed by atoms with Crippen LogP contribution < -0.4 is 16.4 Å². The number of aliphatic hydroxyl groups is 4. The van der Waals surface area contributed by atoms with Crippen LogP contribution in [-0.2, 0) is 9.59 Å². The van der Waals surface area contributed by atoms with Crippen molar-refractivity contribution in [3.63, 3.8) is 0 Å². The lowest BCUT2D eigenvalue weighted by atomic mass is 9.96. The van der Waals surface area contributed by atoms with E-state index in [4.69, 9.17) is 15.9 Å². The summed E-state index contributed by atoms with van der Waals surface area (Å²) in [5.41, 5.74) is 5.82. The zero-order chi connectivity index (χ0) is 20.3. The van der Waals surface area contributed by atoms with Crippen LogP contribution in [0.25, 0.3) is 0 Å². The van der Waals surface area contributed by atoms with Gasteiger partial charge in [0, 0.05) is 18.9 Å². The van der Waals surface area contributed by atoms with E-state index in [0.717, 1.165) is 0 Å². The molecule has 5 unspecified atom stereocenters. The van der Waals surface area contributed by atoms with Crippen LogP contribution in [0, 0.1) is 5.92 Å². The summed E-state index contributed by atoms with van der Waals surface area (Å²) >= 11 is 0. The maximum atomic E-state index is 12.3. The average Bonchev–Trinajstić information content (AvgIpc) is 2.62. The molecule has 0 radical (unpaired) electrons. The summed E-state index contributed by atoms with van der Waals surface area (Å²) in [6.45, 7) is 4.61. The van der Waals surface area contributed by atoms with E-state index >= 15 is 0 Å². The van der Waals surface area contributed by atoms with Crippen LogP contribution in [-0.4, -0.2) is 75.8 Å². The number of amides is 2. The Bertz CT molecular complexity index is 419. The quantitative estimate of drug-likeness (QED) is 0.199. The minimum atomic E-state index is -1.03.